The number of amides is 2. The first-order valence-electron chi connectivity index (χ1n) is 6.30. The Balaban J connectivity index is 1.73. The van der Waals surface area contributed by atoms with Gasteiger partial charge < -0.3 is 4.84 Å². The van der Waals surface area contributed by atoms with Gasteiger partial charge in [0.2, 0.25) is 0 Å². The van der Waals surface area contributed by atoms with Crippen LogP contribution in [0.2, 0.25) is 0 Å². The van der Waals surface area contributed by atoms with E-state index in [4.69, 9.17) is 0 Å². The predicted molar refractivity (Wildman–Crippen MR) is 69.8 cm³/mol. The molecule has 110 valence electrons. The summed E-state index contributed by atoms with van der Waals surface area (Å²) in [5, 5.41) is -0.192. The fraction of sp³-hybridized carbons (Fsp3) is 0.308. The first kappa shape index (κ1) is 13.7. The molecule has 0 atom stereocenters. The highest BCUT2D eigenvalue weighted by Crippen LogP contribution is 2.29. The second-order valence-electron chi connectivity index (χ2n) is 4.92. The molecule has 1 aromatic rings. The van der Waals surface area contributed by atoms with Crippen LogP contribution in [0, 0.1) is 0 Å². The van der Waals surface area contributed by atoms with Crippen LogP contribution in [0.4, 0.5) is 0 Å². The molecule has 0 N–H and O–H groups in total. The summed E-state index contributed by atoms with van der Waals surface area (Å²) in [6.07, 6.45) is 1.06. The van der Waals surface area contributed by atoms with Crippen LogP contribution >= 0.6 is 0 Å². The Morgan fingerprint density at radius 1 is 1.14 bits per heavy atom. The van der Waals surface area contributed by atoms with Gasteiger partial charge in [-0.25, -0.2) is 13.2 Å². The van der Waals surface area contributed by atoms with Crippen molar-refractivity contribution in [3.63, 3.8) is 0 Å². The maximum absolute atomic E-state index is 11.9. The van der Waals surface area contributed by atoms with Crippen LogP contribution in [-0.2, 0) is 19.5 Å². The number of rotatable bonds is 4. The molecule has 0 radical (unpaired) electrons. The van der Waals surface area contributed by atoms with Crippen molar-refractivity contribution in [1.82, 2.24) is 5.06 Å². The lowest BCUT2D eigenvalue weighted by molar-refractivity contribution is -0.165. The molecule has 2 aliphatic rings. The summed E-state index contributed by atoms with van der Waals surface area (Å²) in [6.45, 7) is 0. The summed E-state index contributed by atoms with van der Waals surface area (Å²) in [4.78, 5) is 40.2. The Labute approximate surface area is 120 Å². The molecule has 1 aliphatic heterocycles. The number of carbonyl (C=O) groups is 3. The van der Waals surface area contributed by atoms with Gasteiger partial charge >= 0.3 is 5.97 Å². The maximum atomic E-state index is 11.9. The molecule has 1 aliphatic carbocycles. The minimum atomic E-state index is -3.55. The highest BCUT2D eigenvalue weighted by Gasteiger charge is 2.41. The number of fused-ring (bicyclic) bond motifs is 1. The van der Waals surface area contributed by atoms with Gasteiger partial charge in [-0.15, -0.1) is 0 Å². The minimum absolute atomic E-state index is 0.125. The lowest BCUT2D eigenvalue weighted by Crippen LogP contribution is -2.35. The van der Waals surface area contributed by atoms with Crippen LogP contribution in [0.3, 0.4) is 0 Å². The van der Waals surface area contributed by atoms with Crippen molar-refractivity contribution in [2.75, 3.05) is 5.75 Å². The van der Waals surface area contributed by atoms with Gasteiger partial charge in [0.15, 0.2) is 15.6 Å². The number of hydrogen-bond donors (Lipinski definition) is 0. The van der Waals surface area contributed by atoms with Crippen molar-refractivity contribution < 1.29 is 27.6 Å². The van der Waals surface area contributed by atoms with E-state index in [0.29, 0.717) is 17.9 Å². The topological polar surface area (TPSA) is 97.8 Å². The smallest absolute Gasteiger partial charge is 0.329 e. The highest BCUT2D eigenvalue weighted by atomic mass is 32.2. The molecule has 0 aromatic heterocycles. The van der Waals surface area contributed by atoms with E-state index in [1.165, 1.54) is 12.1 Å². The SMILES string of the molecule is O=C(CS(=O)(=O)C1CC1)ON1C(=O)c2ccccc2C1=O. The summed E-state index contributed by atoms with van der Waals surface area (Å²) in [5.41, 5.74) is 0.251. The largest absolute Gasteiger partial charge is 0.348 e. The van der Waals surface area contributed by atoms with Gasteiger partial charge in [0.05, 0.1) is 16.4 Å². The van der Waals surface area contributed by atoms with Crippen LogP contribution in [0.5, 0.6) is 0 Å². The first-order chi connectivity index (χ1) is 9.90. The van der Waals surface area contributed by atoms with Crippen LogP contribution in [0.15, 0.2) is 24.3 Å². The molecule has 3 rings (SSSR count). The van der Waals surface area contributed by atoms with E-state index in [2.05, 4.69) is 4.84 Å². The molecule has 21 heavy (non-hydrogen) atoms. The van der Waals surface area contributed by atoms with Crippen molar-refractivity contribution >= 4 is 27.6 Å². The molecule has 0 saturated heterocycles. The van der Waals surface area contributed by atoms with E-state index in [-0.39, 0.29) is 11.1 Å². The van der Waals surface area contributed by atoms with E-state index < -0.39 is 38.6 Å². The van der Waals surface area contributed by atoms with Gasteiger partial charge in [-0.3, -0.25) is 9.59 Å². The molecule has 1 fully saturated rings. The summed E-state index contributed by atoms with van der Waals surface area (Å²) in [7, 11) is -3.55. The third-order valence-electron chi connectivity index (χ3n) is 3.30. The summed E-state index contributed by atoms with van der Waals surface area (Å²) in [6, 6.07) is 6.02. The number of benzene rings is 1. The van der Waals surface area contributed by atoms with Gasteiger partial charge in [0.1, 0.15) is 0 Å². The van der Waals surface area contributed by atoms with Crippen molar-refractivity contribution in [3.8, 4) is 0 Å². The van der Waals surface area contributed by atoms with E-state index in [0.717, 1.165) is 0 Å². The molecule has 1 saturated carbocycles. The Morgan fingerprint density at radius 2 is 1.67 bits per heavy atom. The van der Waals surface area contributed by atoms with Crippen LogP contribution in [0.25, 0.3) is 0 Å². The molecule has 8 heteroatoms. The molecule has 0 unspecified atom stereocenters. The van der Waals surface area contributed by atoms with Crippen LogP contribution in [-0.4, -0.2) is 42.3 Å². The molecular formula is C13H11NO6S. The second-order valence-corrected chi connectivity index (χ2v) is 7.20. The Kier molecular flexibility index (Phi) is 3.05. The number of sulfone groups is 1. The van der Waals surface area contributed by atoms with E-state index in [1.54, 1.807) is 12.1 Å². The molecule has 0 spiro atoms. The third-order valence-corrected chi connectivity index (χ3v) is 5.43. The Bertz CT molecular complexity index is 715. The quantitative estimate of drug-likeness (QED) is 0.743. The van der Waals surface area contributed by atoms with Crippen molar-refractivity contribution in [2.45, 2.75) is 18.1 Å². The molecule has 7 nitrogen and oxygen atoms in total. The number of hydrogen-bond acceptors (Lipinski definition) is 6. The van der Waals surface area contributed by atoms with E-state index in [1.807, 2.05) is 0 Å². The highest BCUT2D eigenvalue weighted by molar-refractivity contribution is 7.92. The molecule has 2 amide bonds. The first-order valence-corrected chi connectivity index (χ1v) is 8.02. The zero-order valence-corrected chi connectivity index (χ0v) is 11.6. The molecule has 0 bridgehead atoms. The minimum Gasteiger partial charge on any atom is -0.329 e. The molecule has 1 heterocycles. The summed E-state index contributed by atoms with van der Waals surface area (Å²) < 4.78 is 23.3. The molecular weight excluding hydrogens is 298 g/mol. The lowest BCUT2D eigenvalue weighted by Gasteiger charge is -2.12. The Morgan fingerprint density at radius 3 is 2.14 bits per heavy atom. The van der Waals surface area contributed by atoms with Crippen molar-refractivity contribution in [2.24, 2.45) is 0 Å². The van der Waals surface area contributed by atoms with Gasteiger partial charge in [-0.1, -0.05) is 17.2 Å². The predicted octanol–water partition coefficient (Wildman–Crippen LogP) is 0.318. The van der Waals surface area contributed by atoms with Crippen LogP contribution in [0.1, 0.15) is 33.6 Å². The number of nitrogens with zero attached hydrogens (tertiary/aromatic N) is 1. The lowest BCUT2D eigenvalue weighted by atomic mass is 10.1. The standard InChI is InChI=1S/C13H11NO6S/c15-11(7-21(18,19)8-5-6-8)20-14-12(16)9-3-1-2-4-10(9)13(14)17/h1-4,8H,5-7H2. The van der Waals surface area contributed by atoms with Gasteiger partial charge in [0.25, 0.3) is 11.8 Å². The molecule has 1 aromatic carbocycles. The van der Waals surface area contributed by atoms with E-state index >= 15 is 0 Å². The number of imide groups is 1. The Hall–Kier alpha value is -2.22. The summed E-state index contributed by atoms with van der Waals surface area (Å²) >= 11 is 0. The fourth-order valence-electron chi connectivity index (χ4n) is 2.09. The normalized spacial score (nSPS) is 17.8. The van der Waals surface area contributed by atoms with Crippen molar-refractivity contribution in [3.05, 3.63) is 35.4 Å². The average molecular weight is 309 g/mol. The van der Waals surface area contributed by atoms with Crippen molar-refractivity contribution in [1.29, 1.82) is 0 Å². The van der Waals surface area contributed by atoms with E-state index in [9.17, 15) is 22.8 Å². The summed E-state index contributed by atoms with van der Waals surface area (Å²) in [5.74, 6) is -3.50. The van der Waals surface area contributed by atoms with Gasteiger partial charge in [-0.2, -0.15) is 0 Å². The number of hydroxylamine groups is 2. The third kappa shape index (κ3) is 2.42. The maximum Gasteiger partial charge on any atom is 0.348 e. The fourth-order valence-corrected chi connectivity index (χ4v) is 3.56. The van der Waals surface area contributed by atoms with Crippen LogP contribution < -0.4 is 0 Å². The second kappa shape index (κ2) is 4.66. The van der Waals surface area contributed by atoms with Gasteiger partial charge in [0, 0.05) is 0 Å². The zero-order chi connectivity index (χ0) is 15.2. The monoisotopic (exact) mass is 309 g/mol. The van der Waals surface area contributed by atoms with Gasteiger partial charge in [-0.05, 0) is 25.0 Å². The number of carbonyl (C=O) groups excluding carboxylic acids is 3. The zero-order valence-electron chi connectivity index (χ0n) is 10.8. The average Bonchev–Trinajstić information content (AvgIpc) is 3.25.